The molecule has 1 heterocycles. The summed E-state index contributed by atoms with van der Waals surface area (Å²) in [5.74, 6) is 0. The van der Waals surface area contributed by atoms with E-state index in [4.69, 9.17) is 0 Å². The van der Waals surface area contributed by atoms with E-state index in [0.29, 0.717) is 0 Å². The summed E-state index contributed by atoms with van der Waals surface area (Å²) in [6, 6.07) is 90.5. The van der Waals surface area contributed by atoms with Crippen molar-refractivity contribution < 1.29 is 0 Å². The molecule has 65 heavy (non-hydrogen) atoms. The van der Waals surface area contributed by atoms with E-state index in [0.717, 1.165) is 17.1 Å². The molecule has 0 saturated heterocycles. The highest BCUT2D eigenvalue weighted by Gasteiger charge is 2.47. The average molecular weight is 846 g/mol. The fourth-order valence-electron chi connectivity index (χ4n) is 11.5. The number of hydrogen-bond acceptors (Lipinski definition) is 2. The molecule has 0 N–H and O–H groups in total. The molecular formula is C63H43NS. The van der Waals surface area contributed by atoms with Gasteiger partial charge in [0.05, 0.1) is 11.1 Å². The van der Waals surface area contributed by atoms with Crippen LogP contribution in [-0.4, -0.2) is 0 Å². The third kappa shape index (κ3) is 5.51. The van der Waals surface area contributed by atoms with Crippen LogP contribution in [0, 0.1) is 0 Å². The Labute approximate surface area is 384 Å². The molecule has 1 atom stereocenters. The standard InChI is InChI=1S/C63H43NS/c1-62(44-20-5-2-6-21-44)54-30-14-12-29-52(54)61-57(62)32-18-33-58(61)64(47-26-17-19-42(39-47)43-35-37-51-50-28-13-16-34-59(50)65-60(51)40-43)48-36-38-56-53(41-48)49-27-11-15-31-55(49)63(56,45-22-7-3-8-23-45)46-24-9-4-10-25-46/h2-41H,1H3. The van der Waals surface area contributed by atoms with Crippen LogP contribution in [0.2, 0.25) is 0 Å². The van der Waals surface area contributed by atoms with Crippen LogP contribution in [0.5, 0.6) is 0 Å². The summed E-state index contributed by atoms with van der Waals surface area (Å²) in [5.41, 5.74) is 19.1. The summed E-state index contributed by atoms with van der Waals surface area (Å²) in [6.07, 6.45) is 0. The summed E-state index contributed by atoms with van der Waals surface area (Å²) in [7, 11) is 0. The van der Waals surface area contributed by atoms with Crippen LogP contribution in [0.4, 0.5) is 17.1 Å². The first kappa shape index (κ1) is 37.7. The second-order valence-electron chi connectivity index (χ2n) is 17.7. The van der Waals surface area contributed by atoms with Gasteiger partial charge in [-0.05, 0) is 116 Å². The van der Waals surface area contributed by atoms with Gasteiger partial charge in [0.15, 0.2) is 0 Å². The molecule has 0 radical (unpaired) electrons. The molecule has 11 aromatic rings. The number of anilines is 3. The molecule has 1 aromatic heterocycles. The highest BCUT2D eigenvalue weighted by atomic mass is 32.1. The summed E-state index contributed by atoms with van der Waals surface area (Å²) in [4.78, 5) is 2.53. The molecule has 1 unspecified atom stereocenters. The maximum Gasteiger partial charge on any atom is 0.0713 e. The Bertz CT molecular complexity index is 3580. The van der Waals surface area contributed by atoms with E-state index in [1.54, 1.807) is 0 Å². The lowest BCUT2D eigenvalue weighted by atomic mass is 9.68. The van der Waals surface area contributed by atoms with E-state index >= 15 is 0 Å². The second-order valence-corrected chi connectivity index (χ2v) is 18.8. The van der Waals surface area contributed by atoms with Crippen LogP contribution < -0.4 is 4.90 Å². The van der Waals surface area contributed by atoms with E-state index in [9.17, 15) is 0 Å². The van der Waals surface area contributed by atoms with Gasteiger partial charge in [-0.2, -0.15) is 0 Å². The van der Waals surface area contributed by atoms with E-state index < -0.39 is 5.41 Å². The van der Waals surface area contributed by atoms with E-state index in [-0.39, 0.29) is 5.41 Å². The number of rotatable bonds is 7. The molecule has 1 nitrogen and oxygen atoms in total. The lowest BCUT2D eigenvalue weighted by molar-refractivity contribution is 0.714. The van der Waals surface area contributed by atoms with Crippen molar-refractivity contribution in [1.29, 1.82) is 0 Å². The molecule has 0 saturated carbocycles. The Morgan fingerprint density at radius 3 is 1.69 bits per heavy atom. The molecule has 0 fully saturated rings. The van der Waals surface area contributed by atoms with Crippen LogP contribution in [-0.2, 0) is 10.8 Å². The van der Waals surface area contributed by atoms with Crippen molar-refractivity contribution in [2.75, 3.05) is 4.90 Å². The Kier molecular flexibility index (Phi) is 8.50. The largest absolute Gasteiger partial charge is 0.310 e. The molecule has 306 valence electrons. The minimum atomic E-state index is -0.479. The lowest BCUT2D eigenvalue weighted by Crippen LogP contribution is -2.28. The minimum Gasteiger partial charge on any atom is -0.310 e. The molecule has 0 aliphatic heterocycles. The molecule has 2 aliphatic carbocycles. The molecule has 2 heteroatoms. The monoisotopic (exact) mass is 845 g/mol. The Morgan fingerprint density at radius 2 is 0.923 bits per heavy atom. The van der Waals surface area contributed by atoms with Crippen molar-refractivity contribution in [2.45, 2.75) is 17.8 Å². The van der Waals surface area contributed by atoms with Gasteiger partial charge in [0.25, 0.3) is 0 Å². The van der Waals surface area contributed by atoms with Crippen molar-refractivity contribution in [2.24, 2.45) is 0 Å². The Hall–Kier alpha value is -7.78. The molecule has 0 bridgehead atoms. The van der Waals surface area contributed by atoms with Crippen LogP contribution >= 0.6 is 11.3 Å². The maximum atomic E-state index is 2.53. The maximum absolute atomic E-state index is 2.53. The average Bonchev–Trinajstić information content (AvgIpc) is 3.99. The Balaban J connectivity index is 1.06. The van der Waals surface area contributed by atoms with Gasteiger partial charge >= 0.3 is 0 Å². The molecule has 0 spiro atoms. The molecule has 0 amide bonds. The number of hydrogen-bond donors (Lipinski definition) is 0. The third-order valence-corrected chi connectivity index (χ3v) is 15.6. The van der Waals surface area contributed by atoms with Gasteiger partial charge in [0.2, 0.25) is 0 Å². The van der Waals surface area contributed by atoms with Gasteiger partial charge in [-0.15, -0.1) is 11.3 Å². The van der Waals surface area contributed by atoms with Crippen molar-refractivity contribution in [3.05, 3.63) is 282 Å². The topological polar surface area (TPSA) is 3.24 Å². The summed E-state index contributed by atoms with van der Waals surface area (Å²) < 4.78 is 2.63. The van der Waals surface area contributed by atoms with Gasteiger partial charge < -0.3 is 4.90 Å². The highest BCUT2D eigenvalue weighted by Crippen LogP contribution is 2.59. The number of fused-ring (bicyclic) bond motifs is 9. The van der Waals surface area contributed by atoms with Gasteiger partial charge in [-0.25, -0.2) is 0 Å². The zero-order valence-corrected chi connectivity index (χ0v) is 36.8. The SMILES string of the molecule is CC1(c2ccccc2)c2ccccc2-c2c(N(c3cccc(-c4ccc5c(c4)sc4ccccc45)c3)c3ccc4c(c3)-c3ccccc3C4(c3ccccc3)c3ccccc3)cccc21. The predicted octanol–water partition coefficient (Wildman–Crippen LogP) is 16.9. The number of nitrogens with zero attached hydrogens (tertiary/aromatic N) is 1. The lowest BCUT2D eigenvalue weighted by Gasteiger charge is -2.34. The third-order valence-electron chi connectivity index (χ3n) is 14.4. The van der Waals surface area contributed by atoms with Crippen molar-refractivity contribution in [1.82, 2.24) is 0 Å². The fourth-order valence-corrected chi connectivity index (χ4v) is 12.7. The molecule has 10 aromatic carbocycles. The zero-order chi connectivity index (χ0) is 43.1. The summed E-state index contributed by atoms with van der Waals surface area (Å²) >= 11 is 1.87. The van der Waals surface area contributed by atoms with E-state index in [1.807, 2.05) is 11.3 Å². The number of benzene rings is 10. The quantitative estimate of drug-likeness (QED) is 0.154. The van der Waals surface area contributed by atoms with Crippen molar-refractivity contribution in [3.63, 3.8) is 0 Å². The van der Waals surface area contributed by atoms with Crippen molar-refractivity contribution >= 4 is 48.6 Å². The normalized spacial score (nSPS) is 15.3. The first-order valence-corrected chi connectivity index (χ1v) is 23.4. The summed E-state index contributed by atoms with van der Waals surface area (Å²) in [6.45, 7) is 2.41. The minimum absolute atomic E-state index is 0.335. The summed E-state index contributed by atoms with van der Waals surface area (Å²) in [5, 5.41) is 2.63. The van der Waals surface area contributed by atoms with E-state index in [2.05, 4.69) is 254 Å². The first-order valence-electron chi connectivity index (χ1n) is 22.6. The number of thiophene rings is 1. The van der Waals surface area contributed by atoms with Gasteiger partial charge in [0.1, 0.15) is 0 Å². The molecule has 2 aliphatic rings. The van der Waals surface area contributed by atoms with Crippen LogP contribution in [0.25, 0.3) is 53.6 Å². The smallest absolute Gasteiger partial charge is 0.0713 e. The van der Waals surface area contributed by atoms with E-state index in [1.165, 1.54) is 92.5 Å². The van der Waals surface area contributed by atoms with Gasteiger partial charge in [-0.3, -0.25) is 0 Å². The zero-order valence-electron chi connectivity index (χ0n) is 35.9. The van der Waals surface area contributed by atoms with Crippen molar-refractivity contribution in [3.8, 4) is 33.4 Å². The molecular weight excluding hydrogens is 803 g/mol. The fraction of sp³-hybridized carbons (Fsp3) is 0.0476. The Morgan fingerprint density at radius 1 is 0.354 bits per heavy atom. The highest BCUT2D eigenvalue weighted by molar-refractivity contribution is 7.25. The van der Waals surface area contributed by atoms with Gasteiger partial charge in [-0.1, -0.05) is 200 Å². The van der Waals surface area contributed by atoms with Crippen LogP contribution in [0.1, 0.15) is 45.9 Å². The molecule has 13 rings (SSSR count). The predicted molar refractivity (Wildman–Crippen MR) is 274 cm³/mol. The second kappa shape index (κ2) is 14.6. The van der Waals surface area contributed by atoms with Gasteiger partial charge in [0, 0.05) is 42.5 Å². The van der Waals surface area contributed by atoms with Crippen LogP contribution in [0.3, 0.4) is 0 Å². The first-order chi connectivity index (χ1) is 32.1. The van der Waals surface area contributed by atoms with Crippen LogP contribution in [0.15, 0.2) is 243 Å².